The largest absolute Gasteiger partial charge is 0.472 e. The van der Waals surface area contributed by atoms with E-state index in [1.54, 1.807) is 0 Å². The van der Waals surface area contributed by atoms with E-state index in [-0.39, 0.29) is 35.4 Å². The van der Waals surface area contributed by atoms with Crippen molar-refractivity contribution in [2.24, 2.45) is 0 Å². The Kier molecular flexibility index (Phi) is 4.47. The van der Waals surface area contributed by atoms with Crippen LogP contribution in [0, 0.1) is 11.3 Å². The highest BCUT2D eigenvalue weighted by atomic mass is 16.5. The van der Waals surface area contributed by atoms with Crippen LogP contribution < -0.4 is 10.1 Å². The zero-order valence-electron chi connectivity index (χ0n) is 12.3. The van der Waals surface area contributed by atoms with Crippen molar-refractivity contribution in [1.82, 2.24) is 20.4 Å². The van der Waals surface area contributed by atoms with E-state index in [2.05, 4.69) is 20.4 Å². The first-order chi connectivity index (χ1) is 11.3. The number of carbonyl (C=O) groups is 1. The molecule has 23 heavy (non-hydrogen) atoms. The van der Waals surface area contributed by atoms with Crippen molar-refractivity contribution < 1.29 is 14.1 Å². The minimum Gasteiger partial charge on any atom is -0.472 e. The molecule has 3 rings (SSSR count). The maximum Gasteiger partial charge on any atom is 0.290 e. The number of nitriles is 1. The summed E-state index contributed by atoms with van der Waals surface area (Å²) in [5.41, 5.74) is 0.188. The monoisotopic (exact) mass is 313 g/mol. The summed E-state index contributed by atoms with van der Waals surface area (Å²) < 4.78 is 10.6. The van der Waals surface area contributed by atoms with Gasteiger partial charge in [0.15, 0.2) is 0 Å². The molecular formula is C15H15N5O3. The van der Waals surface area contributed by atoms with Crippen LogP contribution in [0.5, 0.6) is 5.88 Å². The first kappa shape index (κ1) is 15.0. The zero-order valence-corrected chi connectivity index (χ0v) is 12.3. The van der Waals surface area contributed by atoms with Crippen LogP contribution in [0.15, 0.2) is 29.2 Å². The second kappa shape index (κ2) is 6.87. The number of hydrogen-bond donors (Lipinski definition) is 1. The van der Waals surface area contributed by atoms with Gasteiger partial charge in [-0.05, 0) is 25.7 Å². The van der Waals surface area contributed by atoms with Crippen LogP contribution in [-0.2, 0) is 0 Å². The maximum atomic E-state index is 11.9. The summed E-state index contributed by atoms with van der Waals surface area (Å²) in [4.78, 5) is 19.9. The van der Waals surface area contributed by atoms with Crippen LogP contribution in [0.3, 0.4) is 0 Å². The van der Waals surface area contributed by atoms with Crippen molar-refractivity contribution in [3.05, 3.63) is 36.1 Å². The van der Waals surface area contributed by atoms with E-state index in [9.17, 15) is 4.79 Å². The number of nitrogens with zero attached hydrogens (tertiary/aromatic N) is 4. The number of aromatic nitrogens is 3. The molecule has 8 heteroatoms. The SMILES string of the molecule is N#Cc1nccnc1OC1CCC(NC(=O)c2ccno2)CC1. The Hall–Kier alpha value is -2.95. The van der Waals surface area contributed by atoms with E-state index in [1.807, 2.05) is 6.07 Å². The lowest BCUT2D eigenvalue weighted by Crippen LogP contribution is -2.39. The van der Waals surface area contributed by atoms with E-state index in [0.717, 1.165) is 25.7 Å². The van der Waals surface area contributed by atoms with Gasteiger partial charge in [-0.3, -0.25) is 4.79 Å². The fraction of sp³-hybridized carbons (Fsp3) is 0.400. The van der Waals surface area contributed by atoms with Crippen LogP contribution in [0.1, 0.15) is 41.9 Å². The number of carbonyl (C=O) groups excluding carboxylic acids is 1. The minimum absolute atomic E-state index is 0.0303. The maximum absolute atomic E-state index is 11.9. The summed E-state index contributed by atoms with van der Waals surface area (Å²) >= 11 is 0. The molecular weight excluding hydrogens is 298 g/mol. The van der Waals surface area contributed by atoms with Gasteiger partial charge in [0, 0.05) is 24.5 Å². The molecule has 2 aromatic rings. The van der Waals surface area contributed by atoms with E-state index in [1.165, 1.54) is 24.7 Å². The Morgan fingerprint density at radius 1 is 1.26 bits per heavy atom. The van der Waals surface area contributed by atoms with Crippen molar-refractivity contribution in [3.8, 4) is 11.9 Å². The zero-order chi connectivity index (χ0) is 16.1. The molecule has 1 amide bonds. The summed E-state index contributed by atoms with van der Waals surface area (Å²) in [5, 5.41) is 15.4. The average molecular weight is 313 g/mol. The Morgan fingerprint density at radius 2 is 2.04 bits per heavy atom. The van der Waals surface area contributed by atoms with Crippen LogP contribution >= 0.6 is 0 Å². The topological polar surface area (TPSA) is 114 Å². The summed E-state index contributed by atoms with van der Waals surface area (Å²) in [6.07, 6.45) is 7.47. The summed E-state index contributed by atoms with van der Waals surface area (Å²) in [6.45, 7) is 0. The Labute approximate surface area is 132 Å². The highest BCUT2D eigenvalue weighted by molar-refractivity contribution is 5.91. The summed E-state index contributed by atoms with van der Waals surface area (Å²) in [5.74, 6) is 0.221. The highest BCUT2D eigenvalue weighted by Crippen LogP contribution is 2.24. The van der Waals surface area contributed by atoms with Crippen molar-refractivity contribution in [2.75, 3.05) is 0 Å². The fourth-order valence-corrected chi connectivity index (χ4v) is 2.56. The van der Waals surface area contributed by atoms with Crippen LogP contribution in [0.2, 0.25) is 0 Å². The first-order valence-corrected chi connectivity index (χ1v) is 7.35. The van der Waals surface area contributed by atoms with Crippen molar-refractivity contribution >= 4 is 5.91 Å². The number of nitrogens with one attached hydrogen (secondary N) is 1. The minimum atomic E-state index is -0.257. The third-order valence-corrected chi connectivity index (χ3v) is 3.72. The lowest BCUT2D eigenvalue weighted by atomic mass is 9.93. The molecule has 1 saturated carbocycles. The van der Waals surface area contributed by atoms with Gasteiger partial charge < -0.3 is 14.6 Å². The lowest BCUT2D eigenvalue weighted by Gasteiger charge is -2.28. The quantitative estimate of drug-likeness (QED) is 0.908. The number of amides is 1. The normalized spacial score (nSPS) is 20.5. The van der Waals surface area contributed by atoms with Gasteiger partial charge >= 0.3 is 0 Å². The molecule has 2 heterocycles. The molecule has 0 aromatic carbocycles. The predicted octanol–water partition coefficient (Wildman–Crippen LogP) is 1.46. The molecule has 0 unspecified atom stereocenters. The standard InChI is InChI=1S/C15H15N5O3/c16-9-12-15(18-8-7-17-12)22-11-3-1-10(2-4-11)20-14(21)13-5-6-19-23-13/h5-8,10-11H,1-4H2,(H,20,21). The van der Waals surface area contributed by atoms with Gasteiger partial charge in [-0.2, -0.15) is 5.26 Å². The number of ether oxygens (including phenoxy) is 1. The predicted molar refractivity (Wildman–Crippen MR) is 77.4 cm³/mol. The second-order valence-electron chi connectivity index (χ2n) is 5.26. The van der Waals surface area contributed by atoms with Gasteiger partial charge in [0.1, 0.15) is 12.2 Å². The van der Waals surface area contributed by atoms with E-state index in [0.29, 0.717) is 0 Å². The molecule has 1 aliphatic carbocycles. The molecule has 8 nitrogen and oxygen atoms in total. The smallest absolute Gasteiger partial charge is 0.290 e. The average Bonchev–Trinajstić information content (AvgIpc) is 3.12. The summed E-state index contributed by atoms with van der Waals surface area (Å²) in [6, 6.07) is 3.57. The Bertz CT molecular complexity index is 702. The molecule has 0 bridgehead atoms. The Morgan fingerprint density at radius 3 is 2.74 bits per heavy atom. The molecule has 0 atom stereocenters. The van der Waals surface area contributed by atoms with Gasteiger partial charge in [0.25, 0.3) is 11.8 Å². The van der Waals surface area contributed by atoms with Gasteiger partial charge in [0.2, 0.25) is 11.5 Å². The van der Waals surface area contributed by atoms with E-state index >= 15 is 0 Å². The molecule has 0 radical (unpaired) electrons. The van der Waals surface area contributed by atoms with Crippen LogP contribution in [0.4, 0.5) is 0 Å². The van der Waals surface area contributed by atoms with E-state index in [4.69, 9.17) is 14.5 Å². The molecule has 0 spiro atoms. The molecule has 1 N–H and O–H groups in total. The van der Waals surface area contributed by atoms with Gasteiger partial charge in [-0.25, -0.2) is 9.97 Å². The molecule has 1 fully saturated rings. The molecule has 118 valence electrons. The van der Waals surface area contributed by atoms with Crippen molar-refractivity contribution in [3.63, 3.8) is 0 Å². The molecule has 2 aromatic heterocycles. The molecule has 0 aliphatic heterocycles. The van der Waals surface area contributed by atoms with Crippen LogP contribution in [0.25, 0.3) is 0 Å². The lowest BCUT2D eigenvalue weighted by molar-refractivity contribution is 0.0854. The fourth-order valence-electron chi connectivity index (χ4n) is 2.56. The highest BCUT2D eigenvalue weighted by Gasteiger charge is 2.25. The van der Waals surface area contributed by atoms with Gasteiger partial charge in [-0.15, -0.1) is 0 Å². The second-order valence-corrected chi connectivity index (χ2v) is 5.26. The first-order valence-electron chi connectivity index (χ1n) is 7.35. The number of rotatable bonds is 4. The Balaban J connectivity index is 1.51. The third kappa shape index (κ3) is 3.63. The molecule has 0 saturated heterocycles. The number of hydrogen-bond acceptors (Lipinski definition) is 7. The van der Waals surface area contributed by atoms with Gasteiger partial charge in [0.05, 0.1) is 6.20 Å². The van der Waals surface area contributed by atoms with Crippen molar-refractivity contribution in [2.45, 2.75) is 37.8 Å². The van der Waals surface area contributed by atoms with Gasteiger partial charge in [-0.1, -0.05) is 5.16 Å². The third-order valence-electron chi connectivity index (χ3n) is 3.72. The van der Waals surface area contributed by atoms with E-state index < -0.39 is 0 Å². The summed E-state index contributed by atoms with van der Waals surface area (Å²) in [7, 11) is 0. The van der Waals surface area contributed by atoms with Crippen molar-refractivity contribution in [1.29, 1.82) is 5.26 Å². The van der Waals surface area contributed by atoms with Crippen LogP contribution in [-0.4, -0.2) is 33.2 Å². The molecule has 1 aliphatic rings.